The molecule has 0 aliphatic heterocycles. The third kappa shape index (κ3) is 6.09. The van der Waals surface area contributed by atoms with E-state index in [0.717, 1.165) is 5.56 Å². The van der Waals surface area contributed by atoms with Crippen LogP contribution in [0.3, 0.4) is 0 Å². The summed E-state index contributed by atoms with van der Waals surface area (Å²) in [5.74, 6) is -0.231. The van der Waals surface area contributed by atoms with Crippen LogP contribution < -0.4 is 19.6 Å². The molecule has 206 valence electrons. The van der Waals surface area contributed by atoms with Crippen molar-refractivity contribution in [2.75, 3.05) is 13.7 Å². The fraction of sp³-hybridized carbons (Fsp3) is 0.0938. The summed E-state index contributed by atoms with van der Waals surface area (Å²) in [6.45, 7) is 2.15. The summed E-state index contributed by atoms with van der Waals surface area (Å²) in [7, 11) is 1.55. The Kier molecular flexibility index (Phi) is 8.05. The van der Waals surface area contributed by atoms with Crippen molar-refractivity contribution >= 4 is 29.0 Å². The number of aromatic amines is 1. The number of halogens is 1. The quantitative estimate of drug-likeness (QED) is 0.0960. The molecule has 1 heterocycles. The predicted molar refractivity (Wildman–Crippen MR) is 154 cm³/mol. The van der Waals surface area contributed by atoms with E-state index in [1.165, 1.54) is 18.3 Å². The Morgan fingerprint density at radius 3 is 2.46 bits per heavy atom. The van der Waals surface area contributed by atoms with Crippen molar-refractivity contribution in [3.8, 4) is 28.4 Å². The van der Waals surface area contributed by atoms with Crippen LogP contribution in [0.5, 0.6) is 17.2 Å². The van der Waals surface area contributed by atoms with Crippen molar-refractivity contribution in [2.24, 2.45) is 5.10 Å². The van der Waals surface area contributed by atoms with Crippen LogP contribution >= 0.6 is 0 Å². The SMILES string of the molecule is CCOc1cc(C=NNC(=O)c2[nH]c3ccc(F)cc3c2-c2ccccc2)ccc1OC(=O)c1ccc(OC)cc1. The largest absolute Gasteiger partial charge is 0.497 e. The number of aromatic nitrogens is 1. The zero-order valence-electron chi connectivity index (χ0n) is 22.3. The monoisotopic (exact) mass is 551 g/mol. The molecule has 9 heteroatoms. The molecule has 5 aromatic rings. The maximum absolute atomic E-state index is 14.1. The predicted octanol–water partition coefficient (Wildman–Crippen LogP) is 6.36. The van der Waals surface area contributed by atoms with E-state index in [0.29, 0.717) is 45.7 Å². The summed E-state index contributed by atoms with van der Waals surface area (Å²) >= 11 is 0. The van der Waals surface area contributed by atoms with Gasteiger partial charge < -0.3 is 19.2 Å². The topological polar surface area (TPSA) is 102 Å². The molecule has 0 saturated heterocycles. The summed E-state index contributed by atoms with van der Waals surface area (Å²) < 4.78 is 30.4. The van der Waals surface area contributed by atoms with Gasteiger partial charge in [0.15, 0.2) is 11.5 Å². The number of ether oxygens (including phenoxy) is 3. The van der Waals surface area contributed by atoms with Gasteiger partial charge in [-0.2, -0.15) is 5.10 Å². The highest BCUT2D eigenvalue weighted by atomic mass is 19.1. The highest BCUT2D eigenvalue weighted by Crippen LogP contribution is 2.33. The first-order valence-electron chi connectivity index (χ1n) is 12.8. The summed E-state index contributed by atoms with van der Waals surface area (Å²) in [6.07, 6.45) is 1.44. The van der Waals surface area contributed by atoms with E-state index in [1.807, 2.05) is 37.3 Å². The normalized spacial score (nSPS) is 11.0. The standard InChI is InChI=1S/C32H26FN3O5/c1-3-40-28-17-20(9-16-27(28)41-32(38)22-10-13-24(39-2)14-11-22)19-34-36-31(37)30-29(21-7-5-4-6-8-21)25-18-23(33)12-15-26(25)35-30/h4-19,35H,3H2,1-2H3,(H,36,37). The van der Waals surface area contributed by atoms with Gasteiger partial charge in [-0.05, 0) is 78.7 Å². The summed E-state index contributed by atoms with van der Waals surface area (Å²) in [6, 6.07) is 25.1. The number of H-pyrrole nitrogens is 1. The number of carbonyl (C=O) groups is 2. The lowest BCUT2D eigenvalue weighted by atomic mass is 10.0. The first-order valence-corrected chi connectivity index (χ1v) is 12.8. The average Bonchev–Trinajstić information content (AvgIpc) is 3.37. The second-order valence-electron chi connectivity index (χ2n) is 8.89. The van der Waals surface area contributed by atoms with Crippen molar-refractivity contribution in [1.29, 1.82) is 0 Å². The molecular weight excluding hydrogens is 525 g/mol. The minimum Gasteiger partial charge on any atom is -0.497 e. The Balaban J connectivity index is 1.34. The number of methoxy groups -OCH3 is 1. The number of benzene rings is 4. The summed E-state index contributed by atoms with van der Waals surface area (Å²) in [5, 5.41) is 4.69. The lowest BCUT2D eigenvalue weighted by Gasteiger charge is -2.11. The molecule has 4 aromatic carbocycles. The molecule has 0 atom stereocenters. The molecule has 1 amide bonds. The van der Waals surface area contributed by atoms with Gasteiger partial charge in [-0.15, -0.1) is 0 Å². The Labute approximate surface area is 235 Å². The Morgan fingerprint density at radius 1 is 0.951 bits per heavy atom. The molecule has 0 saturated carbocycles. The molecule has 0 aliphatic rings. The fourth-order valence-corrected chi connectivity index (χ4v) is 4.30. The smallest absolute Gasteiger partial charge is 0.343 e. The molecule has 0 aliphatic carbocycles. The van der Waals surface area contributed by atoms with Crippen LogP contribution in [-0.4, -0.2) is 36.8 Å². The number of carbonyl (C=O) groups excluding carboxylic acids is 2. The number of nitrogens with one attached hydrogen (secondary N) is 2. The molecule has 0 fully saturated rings. The Morgan fingerprint density at radius 2 is 1.73 bits per heavy atom. The van der Waals surface area contributed by atoms with Crippen LogP contribution in [0.25, 0.3) is 22.0 Å². The molecule has 1 aromatic heterocycles. The number of nitrogens with zero attached hydrogens (tertiary/aromatic N) is 1. The van der Waals surface area contributed by atoms with E-state index in [9.17, 15) is 14.0 Å². The zero-order chi connectivity index (χ0) is 28.8. The van der Waals surface area contributed by atoms with E-state index in [4.69, 9.17) is 14.2 Å². The van der Waals surface area contributed by atoms with Gasteiger partial charge in [0.1, 0.15) is 17.3 Å². The van der Waals surface area contributed by atoms with Gasteiger partial charge in [-0.3, -0.25) is 4.79 Å². The van der Waals surface area contributed by atoms with Crippen molar-refractivity contribution in [3.05, 3.63) is 114 Å². The van der Waals surface area contributed by atoms with Crippen LogP contribution in [0.2, 0.25) is 0 Å². The minimum atomic E-state index is -0.547. The van der Waals surface area contributed by atoms with E-state index in [2.05, 4.69) is 15.5 Å². The zero-order valence-corrected chi connectivity index (χ0v) is 22.3. The van der Waals surface area contributed by atoms with Crippen molar-refractivity contribution in [1.82, 2.24) is 10.4 Å². The first-order chi connectivity index (χ1) is 20.0. The van der Waals surface area contributed by atoms with Crippen LogP contribution in [0.1, 0.15) is 33.3 Å². The van der Waals surface area contributed by atoms with Gasteiger partial charge in [-0.25, -0.2) is 14.6 Å². The fourth-order valence-electron chi connectivity index (χ4n) is 4.30. The molecule has 8 nitrogen and oxygen atoms in total. The first kappa shape index (κ1) is 27.1. The van der Waals surface area contributed by atoms with Gasteiger partial charge in [0.05, 0.1) is 25.5 Å². The van der Waals surface area contributed by atoms with Gasteiger partial charge in [-0.1, -0.05) is 30.3 Å². The summed E-state index contributed by atoms with van der Waals surface area (Å²) in [5.41, 5.74) is 5.71. The van der Waals surface area contributed by atoms with Gasteiger partial charge in [0.25, 0.3) is 5.91 Å². The molecule has 41 heavy (non-hydrogen) atoms. The molecule has 0 radical (unpaired) electrons. The van der Waals surface area contributed by atoms with Crippen molar-refractivity contribution < 1.29 is 28.2 Å². The lowest BCUT2D eigenvalue weighted by Crippen LogP contribution is -2.18. The number of hydrogen-bond donors (Lipinski definition) is 2. The minimum absolute atomic E-state index is 0.242. The maximum atomic E-state index is 14.1. The number of esters is 1. The van der Waals surface area contributed by atoms with Gasteiger partial charge in [0, 0.05) is 16.5 Å². The molecule has 0 spiro atoms. The highest BCUT2D eigenvalue weighted by molar-refractivity contribution is 6.09. The molecule has 0 bridgehead atoms. The number of rotatable bonds is 9. The van der Waals surface area contributed by atoms with E-state index < -0.39 is 17.7 Å². The third-order valence-corrected chi connectivity index (χ3v) is 6.23. The number of hydrogen-bond acceptors (Lipinski definition) is 6. The molecule has 5 rings (SSSR count). The van der Waals surface area contributed by atoms with Gasteiger partial charge >= 0.3 is 5.97 Å². The second kappa shape index (κ2) is 12.2. The van der Waals surface area contributed by atoms with E-state index >= 15 is 0 Å². The van der Waals surface area contributed by atoms with Crippen LogP contribution in [0, 0.1) is 5.82 Å². The summed E-state index contributed by atoms with van der Waals surface area (Å²) in [4.78, 5) is 28.9. The van der Waals surface area contributed by atoms with Gasteiger partial charge in [0.2, 0.25) is 0 Å². The van der Waals surface area contributed by atoms with Crippen molar-refractivity contribution in [2.45, 2.75) is 6.92 Å². The van der Waals surface area contributed by atoms with Crippen molar-refractivity contribution in [3.63, 3.8) is 0 Å². The second-order valence-corrected chi connectivity index (χ2v) is 8.89. The number of amides is 1. The number of fused-ring (bicyclic) bond motifs is 1. The average molecular weight is 552 g/mol. The third-order valence-electron chi connectivity index (χ3n) is 6.23. The van der Waals surface area contributed by atoms with Crippen LogP contribution in [-0.2, 0) is 0 Å². The molecule has 2 N–H and O–H groups in total. The lowest BCUT2D eigenvalue weighted by molar-refractivity contribution is 0.0728. The highest BCUT2D eigenvalue weighted by Gasteiger charge is 2.19. The molecular formula is C32H26FN3O5. The van der Waals surface area contributed by atoms with E-state index in [1.54, 1.807) is 55.6 Å². The van der Waals surface area contributed by atoms with E-state index in [-0.39, 0.29) is 11.4 Å². The molecule has 0 unspecified atom stereocenters. The van der Waals surface area contributed by atoms with Crippen LogP contribution in [0.4, 0.5) is 4.39 Å². The maximum Gasteiger partial charge on any atom is 0.343 e. The number of hydrazone groups is 1. The Bertz CT molecular complexity index is 1730. The Hall–Kier alpha value is -5.44. The van der Waals surface area contributed by atoms with Crippen LogP contribution in [0.15, 0.2) is 96.1 Å².